The van der Waals surface area contributed by atoms with E-state index in [2.05, 4.69) is 31.3 Å². The van der Waals surface area contributed by atoms with E-state index in [1.807, 2.05) is 24.4 Å². The van der Waals surface area contributed by atoms with Crippen LogP contribution in [0.3, 0.4) is 0 Å². The van der Waals surface area contributed by atoms with Crippen molar-refractivity contribution < 1.29 is 93.5 Å². The normalized spacial score (nSPS) is 15.6. The molecule has 582 valence electrons. The molecule has 34 heteroatoms. The number of sulfonamides is 1. The minimum atomic E-state index is -3.66. The fourth-order valence-electron chi connectivity index (χ4n) is 12.5. The van der Waals surface area contributed by atoms with E-state index in [1.54, 1.807) is 61.5 Å². The predicted octanol–water partition coefficient (Wildman–Crippen LogP) is 13.5. The van der Waals surface area contributed by atoms with Gasteiger partial charge in [-0.2, -0.15) is 0 Å². The highest BCUT2D eigenvalue weighted by Gasteiger charge is 2.40. The molecule has 0 saturated carbocycles. The molecule has 9 amide bonds. The molecule has 0 unspecified atom stereocenters. The third-order valence-corrected chi connectivity index (χ3v) is 19.9. The number of carbonyl (C=O) groups is 6. The van der Waals surface area contributed by atoms with Crippen molar-refractivity contribution >= 4 is 105 Å². The van der Waals surface area contributed by atoms with Crippen molar-refractivity contribution in [3.05, 3.63) is 244 Å². The number of hydrogen-bond acceptors (Lipinski definition) is 12. The van der Waals surface area contributed by atoms with Gasteiger partial charge in [0.1, 0.15) is 41.3 Å². The van der Waals surface area contributed by atoms with Gasteiger partial charge in [-0.05, 0) is 152 Å². The number of benzene rings is 9. The van der Waals surface area contributed by atoms with Gasteiger partial charge >= 0.3 is 18.1 Å². The molecule has 0 spiro atoms. The molecule has 3 atom stereocenters. The summed E-state index contributed by atoms with van der Waals surface area (Å²) in [5.41, 5.74) is 1.65. The van der Waals surface area contributed by atoms with Gasteiger partial charge in [0, 0.05) is 60.1 Å². The molecule has 0 aromatic heterocycles. The molecule has 3 heterocycles. The topological polar surface area (TPSA) is 299 Å². The summed E-state index contributed by atoms with van der Waals surface area (Å²) < 4.78 is 206. The lowest BCUT2D eigenvalue weighted by atomic mass is 9.99. The number of hydrogen-bond donors (Lipinski definition) is 7. The summed E-state index contributed by atoms with van der Waals surface area (Å²) in [5, 5.41) is 14.3. The quantitative estimate of drug-likeness (QED) is 0.0395. The summed E-state index contributed by atoms with van der Waals surface area (Å²) in [6, 6.07) is 33.8. The third-order valence-electron chi connectivity index (χ3n) is 17.7. The maximum atomic E-state index is 15.2. The molecule has 7 N–H and O–H groups in total. The second-order valence-corrected chi connectivity index (χ2v) is 32.4. The van der Waals surface area contributed by atoms with E-state index in [0.717, 1.165) is 51.2 Å². The van der Waals surface area contributed by atoms with Crippen LogP contribution in [0, 0.1) is 73.1 Å². The Balaban J connectivity index is 0.000000177. The van der Waals surface area contributed by atoms with E-state index in [9.17, 15) is 67.2 Å². The highest BCUT2D eigenvalue weighted by atomic mass is 32.2. The number of anilines is 7. The van der Waals surface area contributed by atoms with Crippen LogP contribution in [0.15, 0.2) is 164 Å². The average Bonchev–Trinajstić information content (AvgIpc) is 1.78. The molecule has 3 fully saturated rings. The third kappa shape index (κ3) is 20.0. The predicted molar refractivity (Wildman–Crippen MR) is 403 cm³/mol. The first kappa shape index (κ1) is 81.7. The maximum absolute atomic E-state index is 15.2. The van der Waals surface area contributed by atoms with Gasteiger partial charge in [0.2, 0.25) is 27.7 Å². The van der Waals surface area contributed by atoms with Gasteiger partial charge < -0.3 is 46.6 Å². The molecule has 3 aliphatic rings. The number of nitrogens with one attached hydrogen (secondary N) is 7. The van der Waals surface area contributed by atoms with Gasteiger partial charge in [0.15, 0.2) is 54.6 Å². The Hall–Kier alpha value is -11.8. The molecule has 3 saturated heterocycles. The molecule has 22 nitrogen and oxygen atoms in total. The molecule has 0 bridgehead atoms. The van der Waals surface area contributed by atoms with Crippen molar-refractivity contribution in [2.75, 3.05) is 73.8 Å². The molecule has 0 aliphatic carbocycles. The summed E-state index contributed by atoms with van der Waals surface area (Å²) in [6.45, 7) is 5.12. The van der Waals surface area contributed by atoms with Gasteiger partial charge in [0.05, 0.1) is 46.2 Å². The first-order valence-electron chi connectivity index (χ1n) is 33.8. The summed E-state index contributed by atoms with van der Waals surface area (Å²) in [6.07, 6.45) is 3.40. The van der Waals surface area contributed by atoms with Crippen molar-refractivity contribution in [1.82, 2.24) is 16.0 Å². The zero-order valence-electron chi connectivity index (χ0n) is 59.8. The Kier molecular flexibility index (Phi) is 25.0. The van der Waals surface area contributed by atoms with Crippen LogP contribution in [0.4, 0.5) is 93.7 Å². The Bertz CT molecular complexity index is 5510. The van der Waals surface area contributed by atoms with Gasteiger partial charge in [-0.15, -0.1) is 0 Å². The second-order valence-electron chi connectivity index (χ2n) is 26.4. The number of para-hydroxylation sites is 1. The van der Waals surface area contributed by atoms with Crippen molar-refractivity contribution in [3.63, 3.8) is 0 Å². The SMILES string of the molecule is Cc1cc(F)c(NC(=O)N[C@@H]2CCN(c3ccc(-c4ccccc4CS(C)(=O)=O)c(F)c3F)C2=O)c(F)c1.Cc1ccc(NC(=O)N[C@@H]2CCN(c3ccc(-c4ccccc4CS(C)(=O)=O)c(F)c3F)C2=O)c(F)c1.Cc1ccc(NC(=O)N[C@@H]2CCN(c3ccc(-c4ccccc4NS(C)(=O)=O)c(F)c3F)C2=O)cc1. The second kappa shape index (κ2) is 34.0. The minimum absolute atomic E-state index is 0.0169. The number of urea groups is 3. The molecule has 3 aliphatic heterocycles. The van der Waals surface area contributed by atoms with E-state index >= 15 is 26.3 Å². The number of aryl methyl sites for hydroxylation is 3. The molecule has 12 rings (SSSR count). The zero-order valence-corrected chi connectivity index (χ0v) is 62.3. The van der Waals surface area contributed by atoms with Gasteiger partial charge in [-0.3, -0.25) is 19.1 Å². The lowest BCUT2D eigenvalue weighted by molar-refractivity contribution is -0.119. The lowest BCUT2D eigenvalue weighted by Gasteiger charge is -2.20. The number of amides is 9. The summed E-state index contributed by atoms with van der Waals surface area (Å²) >= 11 is 0. The van der Waals surface area contributed by atoms with E-state index in [4.69, 9.17) is 0 Å². The van der Waals surface area contributed by atoms with Crippen LogP contribution in [0.2, 0.25) is 0 Å². The Morgan fingerprint density at radius 1 is 0.378 bits per heavy atom. The summed E-state index contributed by atoms with van der Waals surface area (Å²) in [5.74, 6) is -12.9. The number of rotatable bonds is 18. The van der Waals surface area contributed by atoms with Crippen LogP contribution in [0.25, 0.3) is 33.4 Å². The summed E-state index contributed by atoms with van der Waals surface area (Å²) in [4.78, 5) is 78.7. The first-order valence-corrected chi connectivity index (χ1v) is 39.8. The Morgan fingerprint density at radius 3 is 1.14 bits per heavy atom. The van der Waals surface area contributed by atoms with Crippen molar-refractivity contribution in [2.45, 2.75) is 69.7 Å². The summed E-state index contributed by atoms with van der Waals surface area (Å²) in [7, 11) is -10.5. The van der Waals surface area contributed by atoms with E-state index < -0.39 is 142 Å². The van der Waals surface area contributed by atoms with E-state index in [0.29, 0.717) is 22.4 Å². The van der Waals surface area contributed by atoms with Crippen LogP contribution in [-0.4, -0.2) is 118 Å². The standard InChI is InChI=1S/C26H23F4N3O4S.C26H24F3N3O4S.C25H24F2N4O4S/c1-14-11-18(27)24(19(28)12-14)32-26(35)31-20-9-10-33(25(20)34)21-8-7-17(22(29)23(21)30)16-6-4-3-5-15(16)13-38(2,36)37;1-15-7-9-20(19(27)13-15)30-26(34)31-21-11-12-32(25(21)33)22-10-8-18(23(28)24(22)29)17-6-4-3-5-16(17)14-37(2,35)36;1-15-7-9-16(10-8-15)28-25(33)29-20-13-14-31(24(20)32)21-12-11-18(22(26)23(21)27)17-5-3-4-6-19(17)30-36(2,34)35/h3-8,11-12,20H,9-10,13H2,1-2H3,(H2,31,32,35);3-10,13,21H,11-12,14H2,1-2H3,(H2,30,31,34);3-12,20,30H,13-14H2,1-2H3,(H2,28,29,33)/t20-;21-;20-/m111/s1. The maximum Gasteiger partial charge on any atom is 0.320 e. The highest BCUT2D eigenvalue weighted by Crippen LogP contribution is 2.39. The molecule has 111 heavy (non-hydrogen) atoms. The van der Waals surface area contributed by atoms with Gasteiger partial charge in [-0.25, -0.2) is 79.2 Å². The van der Waals surface area contributed by atoms with Crippen LogP contribution in [-0.2, 0) is 55.6 Å². The molecule has 9 aromatic carbocycles. The number of halogens is 9. The number of sulfone groups is 2. The lowest BCUT2D eigenvalue weighted by Crippen LogP contribution is -2.43. The monoisotopic (exact) mass is 1590 g/mol. The van der Waals surface area contributed by atoms with Crippen LogP contribution in [0.1, 0.15) is 47.1 Å². The highest BCUT2D eigenvalue weighted by molar-refractivity contribution is 7.92. The largest absolute Gasteiger partial charge is 0.326 e. The van der Waals surface area contributed by atoms with Crippen molar-refractivity contribution in [3.8, 4) is 33.4 Å². The van der Waals surface area contributed by atoms with E-state index in [1.165, 1.54) is 91.9 Å². The van der Waals surface area contributed by atoms with Gasteiger partial charge in [0.25, 0.3) is 0 Å². The average molecular weight is 1600 g/mol. The van der Waals surface area contributed by atoms with Crippen molar-refractivity contribution in [1.29, 1.82) is 0 Å². The molecule has 9 aromatic rings. The fraction of sp³-hybridized carbons (Fsp3) is 0.221. The molecule has 0 radical (unpaired) electrons. The fourth-order valence-corrected chi connectivity index (χ4v) is 14.8. The Morgan fingerprint density at radius 2 is 0.739 bits per heavy atom. The van der Waals surface area contributed by atoms with Crippen LogP contribution >= 0.6 is 0 Å². The minimum Gasteiger partial charge on any atom is -0.326 e. The smallest absolute Gasteiger partial charge is 0.320 e. The molecular formula is C77H71F9N10O12S3. The zero-order chi connectivity index (χ0) is 80.7. The molecular weight excluding hydrogens is 1520 g/mol. The number of nitrogens with zero attached hydrogens (tertiary/aromatic N) is 3. The Labute approximate surface area is 632 Å². The van der Waals surface area contributed by atoms with Crippen molar-refractivity contribution in [2.24, 2.45) is 0 Å². The van der Waals surface area contributed by atoms with Gasteiger partial charge in [-0.1, -0.05) is 90.5 Å². The van der Waals surface area contributed by atoms with Crippen LogP contribution in [0.5, 0.6) is 0 Å². The van der Waals surface area contributed by atoms with E-state index in [-0.39, 0.29) is 118 Å². The number of carbonyl (C=O) groups excluding carboxylic acids is 6. The first-order chi connectivity index (χ1) is 52.3. The van der Waals surface area contributed by atoms with Crippen LogP contribution < -0.4 is 51.3 Å².